The molecule has 0 spiro atoms. The Morgan fingerprint density at radius 3 is 1.52 bits per heavy atom. The van der Waals surface area contributed by atoms with E-state index in [2.05, 4.69) is 97.1 Å². The lowest BCUT2D eigenvalue weighted by atomic mass is 9.95. The summed E-state index contributed by atoms with van der Waals surface area (Å²) >= 11 is 0. The van der Waals surface area contributed by atoms with Crippen LogP contribution in [0.4, 0.5) is 0 Å². The van der Waals surface area contributed by atoms with E-state index in [-0.39, 0.29) is 6.04 Å². The van der Waals surface area contributed by atoms with Crippen molar-refractivity contribution in [2.24, 2.45) is 4.99 Å². The highest BCUT2D eigenvalue weighted by molar-refractivity contribution is 5.85. The SMILES string of the molecule is C(=NC(c1ccc2ccccc2c1)c1ccc2ccccc2c1)c1ccccc1. The molecule has 0 heterocycles. The molecule has 1 nitrogen and oxygen atoms in total. The van der Waals surface area contributed by atoms with Gasteiger partial charge in [0, 0.05) is 6.21 Å². The highest BCUT2D eigenvalue weighted by atomic mass is 14.8. The first-order valence-corrected chi connectivity index (χ1v) is 9.92. The lowest BCUT2D eigenvalue weighted by Crippen LogP contribution is -1.99. The predicted octanol–water partition coefficient (Wildman–Crippen LogP) is 7.20. The van der Waals surface area contributed by atoms with Gasteiger partial charge in [0.05, 0.1) is 6.04 Å². The van der Waals surface area contributed by atoms with Crippen LogP contribution < -0.4 is 0 Å². The van der Waals surface area contributed by atoms with Crippen LogP contribution in [0, 0.1) is 0 Å². The zero-order valence-corrected chi connectivity index (χ0v) is 16.1. The number of benzene rings is 5. The molecule has 0 amide bonds. The second-order valence-corrected chi connectivity index (χ2v) is 7.30. The maximum Gasteiger partial charge on any atom is 0.1000 e. The first-order chi connectivity index (χ1) is 14.4. The van der Waals surface area contributed by atoms with Crippen molar-refractivity contribution in [2.75, 3.05) is 0 Å². The van der Waals surface area contributed by atoms with E-state index in [0.29, 0.717) is 0 Å². The molecular formula is C28H21N. The number of nitrogens with zero attached hydrogens (tertiary/aromatic N) is 1. The van der Waals surface area contributed by atoms with Gasteiger partial charge in [0.1, 0.15) is 0 Å². The normalized spacial score (nSPS) is 11.6. The van der Waals surface area contributed by atoms with Gasteiger partial charge in [0.15, 0.2) is 0 Å². The zero-order valence-electron chi connectivity index (χ0n) is 16.1. The Kier molecular flexibility index (Phi) is 4.63. The number of aliphatic imine (C=N–C) groups is 1. The van der Waals surface area contributed by atoms with Crippen LogP contribution in [-0.2, 0) is 0 Å². The summed E-state index contributed by atoms with van der Waals surface area (Å²) < 4.78 is 0. The highest BCUT2D eigenvalue weighted by Gasteiger charge is 2.13. The second-order valence-electron chi connectivity index (χ2n) is 7.30. The Morgan fingerprint density at radius 1 is 0.483 bits per heavy atom. The Balaban J connectivity index is 1.63. The summed E-state index contributed by atoms with van der Waals surface area (Å²) in [6.45, 7) is 0. The maximum absolute atomic E-state index is 5.02. The Hall–Kier alpha value is -3.71. The van der Waals surface area contributed by atoms with E-state index in [9.17, 15) is 0 Å². The molecule has 0 aliphatic heterocycles. The van der Waals surface area contributed by atoms with Crippen molar-refractivity contribution < 1.29 is 0 Å². The number of hydrogen-bond acceptors (Lipinski definition) is 1. The van der Waals surface area contributed by atoms with E-state index in [1.165, 1.54) is 32.7 Å². The molecule has 5 aromatic carbocycles. The topological polar surface area (TPSA) is 12.4 Å². The minimum Gasteiger partial charge on any atom is -0.280 e. The average Bonchev–Trinajstić information content (AvgIpc) is 2.80. The van der Waals surface area contributed by atoms with Crippen molar-refractivity contribution in [3.05, 3.63) is 132 Å². The lowest BCUT2D eigenvalue weighted by Gasteiger charge is -2.15. The van der Waals surface area contributed by atoms with Crippen LogP contribution in [-0.4, -0.2) is 6.21 Å². The van der Waals surface area contributed by atoms with Crippen LogP contribution in [0.5, 0.6) is 0 Å². The van der Waals surface area contributed by atoms with E-state index >= 15 is 0 Å². The maximum atomic E-state index is 5.02. The van der Waals surface area contributed by atoms with E-state index in [4.69, 9.17) is 4.99 Å². The monoisotopic (exact) mass is 371 g/mol. The van der Waals surface area contributed by atoms with Gasteiger partial charge in [-0.3, -0.25) is 4.99 Å². The fraction of sp³-hybridized carbons (Fsp3) is 0.0357. The molecule has 0 unspecified atom stereocenters. The van der Waals surface area contributed by atoms with E-state index in [1.54, 1.807) is 0 Å². The molecule has 0 bridgehead atoms. The predicted molar refractivity (Wildman–Crippen MR) is 124 cm³/mol. The van der Waals surface area contributed by atoms with Crippen molar-refractivity contribution in [2.45, 2.75) is 6.04 Å². The molecular weight excluding hydrogens is 350 g/mol. The number of fused-ring (bicyclic) bond motifs is 2. The Morgan fingerprint density at radius 2 is 0.966 bits per heavy atom. The summed E-state index contributed by atoms with van der Waals surface area (Å²) in [5.74, 6) is 0. The number of hydrogen-bond donors (Lipinski definition) is 0. The minimum absolute atomic E-state index is 0.0515. The molecule has 0 radical (unpaired) electrons. The van der Waals surface area contributed by atoms with E-state index in [1.807, 2.05) is 24.4 Å². The molecule has 5 rings (SSSR count). The highest BCUT2D eigenvalue weighted by Crippen LogP contribution is 2.31. The van der Waals surface area contributed by atoms with Gasteiger partial charge in [-0.2, -0.15) is 0 Å². The van der Waals surface area contributed by atoms with Gasteiger partial charge < -0.3 is 0 Å². The van der Waals surface area contributed by atoms with Gasteiger partial charge in [0.2, 0.25) is 0 Å². The molecule has 5 aromatic rings. The van der Waals surface area contributed by atoms with Crippen LogP contribution in [0.2, 0.25) is 0 Å². The molecule has 1 heteroatoms. The Labute approximate surface area is 171 Å². The average molecular weight is 371 g/mol. The fourth-order valence-corrected chi connectivity index (χ4v) is 3.82. The van der Waals surface area contributed by atoms with Gasteiger partial charge in [0.25, 0.3) is 0 Å². The molecule has 0 aliphatic rings. The summed E-state index contributed by atoms with van der Waals surface area (Å²) in [6.07, 6.45) is 1.98. The molecule has 0 saturated heterocycles. The van der Waals surface area contributed by atoms with E-state index in [0.717, 1.165) is 5.56 Å². The van der Waals surface area contributed by atoms with Gasteiger partial charge >= 0.3 is 0 Å². The zero-order chi connectivity index (χ0) is 19.5. The summed E-state index contributed by atoms with van der Waals surface area (Å²) in [6, 6.07) is 40.5. The molecule has 0 aliphatic carbocycles. The van der Waals surface area contributed by atoms with Crippen LogP contribution in [0.1, 0.15) is 22.7 Å². The van der Waals surface area contributed by atoms with Gasteiger partial charge in [-0.1, -0.05) is 103 Å². The molecule has 0 N–H and O–H groups in total. The van der Waals surface area contributed by atoms with Crippen molar-refractivity contribution in [1.29, 1.82) is 0 Å². The van der Waals surface area contributed by atoms with Crippen LogP contribution in [0.25, 0.3) is 21.5 Å². The van der Waals surface area contributed by atoms with Gasteiger partial charge in [-0.05, 0) is 50.4 Å². The summed E-state index contributed by atoms with van der Waals surface area (Å²) in [5.41, 5.74) is 3.51. The lowest BCUT2D eigenvalue weighted by molar-refractivity contribution is 0.882. The second kappa shape index (κ2) is 7.73. The smallest absolute Gasteiger partial charge is 0.1000 e. The van der Waals surface area contributed by atoms with Gasteiger partial charge in [-0.25, -0.2) is 0 Å². The van der Waals surface area contributed by atoms with E-state index < -0.39 is 0 Å². The van der Waals surface area contributed by atoms with Crippen molar-refractivity contribution >= 4 is 27.8 Å². The summed E-state index contributed by atoms with van der Waals surface area (Å²) in [7, 11) is 0. The van der Waals surface area contributed by atoms with Crippen LogP contribution >= 0.6 is 0 Å². The van der Waals surface area contributed by atoms with Crippen LogP contribution in [0.15, 0.2) is 120 Å². The quantitative estimate of drug-likeness (QED) is 0.296. The van der Waals surface area contributed by atoms with Crippen molar-refractivity contribution in [3.63, 3.8) is 0 Å². The molecule has 29 heavy (non-hydrogen) atoms. The molecule has 0 fully saturated rings. The summed E-state index contributed by atoms with van der Waals surface area (Å²) in [4.78, 5) is 5.02. The fourth-order valence-electron chi connectivity index (χ4n) is 3.82. The first-order valence-electron chi connectivity index (χ1n) is 9.92. The van der Waals surface area contributed by atoms with Crippen molar-refractivity contribution in [1.82, 2.24) is 0 Å². The minimum atomic E-state index is -0.0515. The van der Waals surface area contributed by atoms with Gasteiger partial charge in [-0.15, -0.1) is 0 Å². The third-order valence-corrected chi connectivity index (χ3v) is 5.35. The molecule has 0 aromatic heterocycles. The molecule has 0 atom stereocenters. The van der Waals surface area contributed by atoms with Crippen LogP contribution in [0.3, 0.4) is 0 Å². The third-order valence-electron chi connectivity index (χ3n) is 5.35. The third kappa shape index (κ3) is 3.68. The molecule has 138 valence electrons. The largest absolute Gasteiger partial charge is 0.280 e. The number of rotatable bonds is 4. The standard InChI is InChI=1S/C28H21N/c1-2-8-21(9-3-1)20-29-28(26-16-14-22-10-4-6-12-24(22)18-26)27-17-15-23-11-5-7-13-25(23)19-27/h1-20,28H. The summed E-state index contributed by atoms with van der Waals surface area (Å²) in [5, 5.41) is 4.98. The Bertz CT molecular complexity index is 1220. The molecule has 0 saturated carbocycles. The first kappa shape index (κ1) is 17.4. The van der Waals surface area contributed by atoms with Crippen molar-refractivity contribution in [3.8, 4) is 0 Å².